The van der Waals surface area contributed by atoms with Crippen LogP contribution >= 0.6 is 12.2 Å². The molecule has 4 N–H and O–H groups in total. The highest BCUT2D eigenvalue weighted by atomic mass is 32.1. The van der Waals surface area contributed by atoms with Crippen LogP contribution in [0.5, 0.6) is 11.5 Å². The Morgan fingerprint density at radius 2 is 1.12 bits per heavy atom. The fourth-order valence-electron chi connectivity index (χ4n) is 4.05. The monoisotopic (exact) mass is 561 g/mol. The minimum absolute atomic E-state index is 0.228. The van der Waals surface area contributed by atoms with Crippen LogP contribution in [0.15, 0.2) is 127 Å². The summed E-state index contributed by atoms with van der Waals surface area (Å²) in [5, 5.41) is 5.96. The van der Waals surface area contributed by atoms with Gasteiger partial charge in [0.2, 0.25) is 0 Å². The molecule has 0 heterocycles. The van der Waals surface area contributed by atoms with Crippen LogP contribution in [-0.4, -0.2) is 25.2 Å². The van der Waals surface area contributed by atoms with Crippen molar-refractivity contribution in [2.24, 2.45) is 0 Å². The zero-order valence-corrected chi connectivity index (χ0v) is 23.7. The average Bonchev–Trinajstić information content (AvgIpc) is 3.02. The number of nitrogens with two attached hydrogens (primary N) is 1. The van der Waals surface area contributed by atoms with E-state index in [0.29, 0.717) is 17.0 Å². The molecule has 1 amide bonds. The SMILES string of the molecule is COc1cc(N)cc(-c2ccccc2)c1.COc1cc(NC(=S)NC(=O)c2ccccc2)cc(-c2ccccc2)c1. The van der Waals surface area contributed by atoms with Crippen LogP contribution in [0.4, 0.5) is 11.4 Å². The van der Waals surface area contributed by atoms with Crippen LogP contribution in [0.2, 0.25) is 0 Å². The lowest BCUT2D eigenvalue weighted by atomic mass is 10.0. The molecule has 206 valence electrons. The summed E-state index contributed by atoms with van der Waals surface area (Å²) < 4.78 is 10.6. The first-order chi connectivity index (χ1) is 19.9. The number of benzene rings is 5. The number of rotatable bonds is 6. The summed E-state index contributed by atoms with van der Waals surface area (Å²) in [6, 6.07) is 40.5. The van der Waals surface area contributed by atoms with Gasteiger partial charge in [-0.25, -0.2) is 0 Å². The summed E-state index contributed by atoms with van der Waals surface area (Å²) >= 11 is 5.27. The Balaban J connectivity index is 0.000000218. The summed E-state index contributed by atoms with van der Waals surface area (Å²) in [6.07, 6.45) is 0. The van der Waals surface area contributed by atoms with Crippen molar-refractivity contribution in [2.75, 3.05) is 25.3 Å². The third-order valence-corrected chi connectivity index (χ3v) is 6.25. The standard InChI is InChI=1S/C21H18N2O2S.C13H13NO/c1-25-19-13-17(15-8-4-2-5-9-15)12-18(14-19)22-21(26)23-20(24)16-10-6-3-7-11-16;1-15-13-8-11(7-12(14)9-13)10-5-3-2-4-6-10/h2-14H,1H3,(H2,22,23,24,26);2-9H,14H2,1H3. The van der Waals surface area contributed by atoms with Crippen molar-refractivity contribution in [3.8, 4) is 33.8 Å². The van der Waals surface area contributed by atoms with Gasteiger partial charge in [-0.3, -0.25) is 10.1 Å². The molecule has 6 nitrogen and oxygen atoms in total. The van der Waals surface area contributed by atoms with Gasteiger partial charge in [-0.15, -0.1) is 0 Å². The van der Waals surface area contributed by atoms with Crippen molar-refractivity contribution in [3.05, 3.63) is 133 Å². The highest BCUT2D eigenvalue weighted by Gasteiger charge is 2.09. The van der Waals surface area contributed by atoms with Crippen molar-refractivity contribution >= 4 is 34.6 Å². The van der Waals surface area contributed by atoms with Gasteiger partial charge in [0.05, 0.1) is 14.2 Å². The van der Waals surface area contributed by atoms with E-state index in [4.69, 9.17) is 27.4 Å². The van der Waals surface area contributed by atoms with E-state index in [9.17, 15) is 4.79 Å². The van der Waals surface area contributed by atoms with Gasteiger partial charge >= 0.3 is 0 Å². The van der Waals surface area contributed by atoms with Gasteiger partial charge < -0.3 is 20.5 Å². The Labute approximate surface area is 245 Å². The average molecular weight is 562 g/mol. The number of nitrogen functional groups attached to an aromatic ring is 1. The number of thiocarbonyl (C=S) groups is 1. The first-order valence-corrected chi connectivity index (χ1v) is 13.3. The van der Waals surface area contributed by atoms with Gasteiger partial charge in [-0.1, -0.05) is 78.9 Å². The normalized spacial score (nSPS) is 10.0. The van der Waals surface area contributed by atoms with E-state index in [2.05, 4.69) is 10.6 Å². The summed E-state index contributed by atoms with van der Waals surface area (Å²) in [6.45, 7) is 0. The fourth-order valence-corrected chi connectivity index (χ4v) is 4.26. The third-order valence-electron chi connectivity index (χ3n) is 6.04. The van der Waals surface area contributed by atoms with Crippen LogP contribution in [-0.2, 0) is 0 Å². The van der Waals surface area contributed by atoms with Crippen molar-refractivity contribution in [1.29, 1.82) is 0 Å². The van der Waals surface area contributed by atoms with Crippen LogP contribution in [0.25, 0.3) is 22.3 Å². The molecule has 41 heavy (non-hydrogen) atoms. The van der Waals surface area contributed by atoms with Crippen molar-refractivity contribution in [3.63, 3.8) is 0 Å². The highest BCUT2D eigenvalue weighted by molar-refractivity contribution is 7.80. The topological polar surface area (TPSA) is 85.6 Å². The van der Waals surface area contributed by atoms with Crippen molar-refractivity contribution in [1.82, 2.24) is 5.32 Å². The van der Waals surface area contributed by atoms with Crippen LogP contribution in [0, 0.1) is 0 Å². The van der Waals surface area contributed by atoms with Gasteiger partial charge in [0.15, 0.2) is 5.11 Å². The molecule has 0 spiro atoms. The second-order valence-corrected chi connectivity index (χ2v) is 9.36. The number of methoxy groups -OCH3 is 2. The lowest BCUT2D eigenvalue weighted by Crippen LogP contribution is -2.34. The fraction of sp³-hybridized carbons (Fsp3) is 0.0588. The van der Waals surface area contributed by atoms with Gasteiger partial charge in [0.25, 0.3) is 5.91 Å². The Kier molecular flexibility index (Phi) is 10.1. The maximum Gasteiger partial charge on any atom is 0.257 e. The minimum atomic E-state index is -0.255. The third kappa shape index (κ3) is 8.42. The quantitative estimate of drug-likeness (QED) is 0.148. The number of amides is 1. The predicted octanol–water partition coefficient (Wildman–Crippen LogP) is 7.43. The Hall–Kier alpha value is -5.14. The van der Waals surface area contributed by atoms with E-state index in [0.717, 1.165) is 33.7 Å². The lowest BCUT2D eigenvalue weighted by Gasteiger charge is -2.13. The van der Waals surface area contributed by atoms with E-state index in [-0.39, 0.29) is 11.0 Å². The molecule has 0 aliphatic carbocycles. The van der Waals surface area contributed by atoms with E-state index in [1.807, 2.05) is 103 Å². The zero-order chi connectivity index (χ0) is 29.0. The number of ether oxygens (including phenoxy) is 2. The van der Waals surface area contributed by atoms with E-state index in [1.54, 1.807) is 38.5 Å². The summed E-state index contributed by atoms with van der Waals surface area (Å²) in [7, 11) is 3.26. The largest absolute Gasteiger partial charge is 0.497 e. The highest BCUT2D eigenvalue weighted by Crippen LogP contribution is 2.29. The molecule has 0 atom stereocenters. The molecule has 0 aliphatic rings. The van der Waals surface area contributed by atoms with Gasteiger partial charge in [0.1, 0.15) is 11.5 Å². The molecular weight excluding hydrogens is 530 g/mol. The molecule has 0 aromatic heterocycles. The Morgan fingerprint density at radius 1 is 0.634 bits per heavy atom. The minimum Gasteiger partial charge on any atom is -0.497 e. The van der Waals surface area contributed by atoms with E-state index < -0.39 is 0 Å². The Bertz CT molecular complexity index is 1590. The number of nitrogens with one attached hydrogen (secondary N) is 2. The van der Waals surface area contributed by atoms with Crippen LogP contribution < -0.4 is 25.8 Å². The first-order valence-electron chi connectivity index (χ1n) is 12.9. The summed E-state index contributed by atoms with van der Waals surface area (Å²) in [5.41, 5.74) is 12.1. The first kappa shape index (κ1) is 28.9. The molecule has 0 fully saturated rings. The smallest absolute Gasteiger partial charge is 0.257 e. The van der Waals surface area contributed by atoms with E-state index in [1.165, 1.54) is 0 Å². The molecule has 0 aliphatic heterocycles. The van der Waals surface area contributed by atoms with Crippen LogP contribution in [0.3, 0.4) is 0 Å². The second kappa shape index (κ2) is 14.3. The molecule has 0 saturated carbocycles. The molecule has 0 bridgehead atoms. The predicted molar refractivity (Wildman–Crippen MR) is 171 cm³/mol. The summed E-state index contributed by atoms with van der Waals surface area (Å²) in [5.74, 6) is 1.23. The lowest BCUT2D eigenvalue weighted by molar-refractivity contribution is 0.0977. The molecule has 5 aromatic rings. The van der Waals surface area contributed by atoms with Crippen molar-refractivity contribution < 1.29 is 14.3 Å². The number of carbonyl (C=O) groups excluding carboxylic acids is 1. The maximum absolute atomic E-state index is 12.2. The molecule has 0 radical (unpaired) electrons. The zero-order valence-electron chi connectivity index (χ0n) is 22.8. The molecular formula is C34H31N3O3S. The molecule has 7 heteroatoms. The number of hydrogen-bond acceptors (Lipinski definition) is 5. The second-order valence-electron chi connectivity index (χ2n) is 8.95. The van der Waals surface area contributed by atoms with E-state index >= 15 is 0 Å². The van der Waals surface area contributed by atoms with Gasteiger partial charge in [-0.05, 0) is 70.9 Å². The molecule has 5 rings (SSSR count). The Morgan fingerprint density at radius 3 is 1.66 bits per heavy atom. The number of carbonyl (C=O) groups is 1. The molecule has 0 saturated heterocycles. The van der Waals surface area contributed by atoms with Gasteiger partial charge in [0, 0.05) is 29.1 Å². The molecule has 5 aromatic carbocycles. The number of hydrogen-bond donors (Lipinski definition) is 3. The number of anilines is 2. The maximum atomic E-state index is 12.2. The van der Waals surface area contributed by atoms with Crippen LogP contribution in [0.1, 0.15) is 10.4 Å². The van der Waals surface area contributed by atoms with Crippen molar-refractivity contribution in [2.45, 2.75) is 0 Å². The van der Waals surface area contributed by atoms with Gasteiger partial charge in [-0.2, -0.15) is 0 Å². The molecule has 0 unspecified atom stereocenters. The summed E-state index contributed by atoms with van der Waals surface area (Å²) in [4.78, 5) is 12.2.